The Labute approximate surface area is 138 Å². The predicted octanol–water partition coefficient (Wildman–Crippen LogP) is 4.11. The average Bonchev–Trinajstić information content (AvgIpc) is 3.04. The van der Waals surface area contributed by atoms with E-state index in [1.165, 1.54) is 17.0 Å². The number of nitrogens with zero attached hydrogens (tertiary/aromatic N) is 1. The van der Waals surface area contributed by atoms with Gasteiger partial charge in [0, 0.05) is 18.0 Å². The van der Waals surface area contributed by atoms with Crippen LogP contribution in [-0.2, 0) is 6.54 Å². The molecule has 0 bridgehead atoms. The van der Waals surface area contributed by atoms with Crippen molar-refractivity contribution in [3.8, 4) is 0 Å². The van der Waals surface area contributed by atoms with Gasteiger partial charge >= 0.3 is 0 Å². The van der Waals surface area contributed by atoms with Crippen LogP contribution in [0.3, 0.4) is 0 Å². The summed E-state index contributed by atoms with van der Waals surface area (Å²) in [4.78, 5) is 13.6. The van der Waals surface area contributed by atoms with Crippen LogP contribution in [0.15, 0.2) is 49.1 Å². The number of halogens is 1. The highest BCUT2D eigenvalue weighted by Crippen LogP contribution is 2.29. The van der Waals surface area contributed by atoms with Crippen LogP contribution in [0.25, 0.3) is 10.2 Å². The second-order valence-corrected chi connectivity index (χ2v) is 6.64. The molecule has 5 heteroatoms. The molecule has 2 aromatic heterocycles. The standard InChI is InChI=1S/C18H17FN2OS/c1-3-8-20-18(22)16-10-17-15(9-12(2)23-17)21(16)11-13-4-6-14(19)7-5-13/h3-7,9-10H,1,8,11H2,2H3,(H,20,22). The van der Waals surface area contributed by atoms with Crippen molar-refractivity contribution >= 4 is 27.5 Å². The zero-order chi connectivity index (χ0) is 16.4. The minimum atomic E-state index is -0.262. The lowest BCUT2D eigenvalue weighted by molar-refractivity contribution is 0.0949. The summed E-state index contributed by atoms with van der Waals surface area (Å²) in [5.74, 6) is -0.394. The third kappa shape index (κ3) is 3.19. The Balaban J connectivity index is 2.02. The number of amides is 1. The Morgan fingerprint density at radius 2 is 2.09 bits per heavy atom. The average molecular weight is 328 g/mol. The molecule has 3 aromatic rings. The SMILES string of the molecule is C=CCNC(=O)c1cc2sc(C)cc2n1Cc1ccc(F)cc1. The van der Waals surface area contributed by atoms with Crippen LogP contribution in [-0.4, -0.2) is 17.0 Å². The Kier molecular flexibility index (Phi) is 4.30. The first-order chi connectivity index (χ1) is 11.1. The van der Waals surface area contributed by atoms with Crippen LogP contribution >= 0.6 is 11.3 Å². The van der Waals surface area contributed by atoms with Crippen molar-refractivity contribution < 1.29 is 9.18 Å². The molecule has 118 valence electrons. The number of fused-ring (bicyclic) bond motifs is 1. The highest BCUT2D eigenvalue weighted by atomic mass is 32.1. The maximum atomic E-state index is 13.1. The van der Waals surface area contributed by atoms with Gasteiger partial charge in [0.05, 0.1) is 10.2 Å². The minimum absolute atomic E-state index is 0.131. The van der Waals surface area contributed by atoms with Crippen molar-refractivity contribution in [2.24, 2.45) is 0 Å². The summed E-state index contributed by atoms with van der Waals surface area (Å²) in [6, 6.07) is 10.3. The van der Waals surface area contributed by atoms with Crippen LogP contribution in [0.4, 0.5) is 4.39 Å². The molecule has 0 spiro atoms. The molecule has 0 saturated heterocycles. The number of aromatic nitrogens is 1. The molecule has 3 nitrogen and oxygen atoms in total. The highest BCUT2D eigenvalue weighted by molar-refractivity contribution is 7.19. The van der Waals surface area contributed by atoms with Crippen molar-refractivity contribution in [3.63, 3.8) is 0 Å². The van der Waals surface area contributed by atoms with Crippen LogP contribution in [0.1, 0.15) is 20.9 Å². The second kappa shape index (κ2) is 6.38. The molecule has 23 heavy (non-hydrogen) atoms. The molecule has 0 atom stereocenters. The van der Waals surface area contributed by atoms with Crippen molar-refractivity contribution in [1.29, 1.82) is 0 Å². The van der Waals surface area contributed by atoms with Gasteiger partial charge < -0.3 is 9.88 Å². The predicted molar refractivity (Wildman–Crippen MR) is 92.6 cm³/mol. The van der Waals surface area contributed by atoms with E-state index in [-0.39, 0.29) is 11.7 Å². The van der Waals surface area contributed by atoms with Crippen molar-refractivity contribution in [2.45, 2.75) is 13.5 Å². The fourth-order valence-corrected chi connectivity index (χ4v) is 3.51. The monoisotopic (exact) mass is 328 g/mol. The molecule has 1 aromatic carbocycles. The quantitative estimate of drug-likeness (QED) is 0.703. The summed E-state index contributed by atoms with van der Waals surface area (Å²) in [7, 11) is 0. The van der Waals surface area contributed by atoms with Crippen LogP contribution in [0.5, 0.6) is 0 Å². The Hall–Kier alpha value is -2.40. The number of carbonyl (C=O) groups excluding carboxylic acids is 1. The molecular weight excluding hydrogens is 311 g/mol. The summed E-state index contributed by atoms with van der Waals surface area (Å²) in [6.45, 7) is 6.61. The fraction of sp³-hybridized carbons (Fsp3) is 0.167. The van der Waals surface area contributed by atoms with Gasteiger partial charge in [-0.25, -0.2) is 4.39 Å². The molecule has 3 rings (SSSR count). The first kappa shape index (κ1) is 15.5. The molecule has 0 radical (unpaired) electrons. The second-order valence-electron chi connectivity index (χ2n) is 5.35. The van der Waals surface area contributed by atoms with Crippen molar-refractivity contribution in [2.75, 3.05) is 6.54 Å². The van der Waals surface area contributed by atoms with Gasteiger partial charge in [0.1, 0.15) is 11.5 Å². The number of aryl methyl sites for hydroxylation is 1. The van der Waals surface area contributed by atoms with Gasteiger partial charge in [-0.1, -0.05) is 18.2 Å². The lowest BCUT2D eigenvalue weighted by atomic mass is 10.2. The highest BCUT2D eigenvalue weighted by Gasteiger charge is 2.17. The topological polar surface area (TPSA) is 34.0 Å². The maximum Gasteiger partial charge on any atom is 0.268 e. The number of hydrogen-bond acceptors (Lipinski definition) is 2. The zero-order valence-corrected chi connectivity index (χ0v) is 13.6. The Bertz CT molecular complexity index is 861. The molecule has 0 unspecified atom stereocenters. The van der Waals surface area contributed by atoms with E-state index < -0.39 is 0 Å². The summed E-state index contributed by atoms with van der Waals surface area (Å²) < 4.78 is 16.1. The number of carbonyl (C=O) groups is 1. The summed E-state index contributed by atoms with van der Waals surface area (Å²) in [5.41, 5.74) is 2.59. The molecule has 0 aliphatic heterocycles. The van der Waals surface area contributed by atoms with Gasteiger partial charge in [0.25, 0.3) is 5.91 Å². The van der Waals surface area contributed by atoms with E-state index in [0.29, 0.717) is 18.8 Å². The molecule has 0 aliphatic carbocycles. The fourth-order valence-electron chi connectivity index (χ4n) is 2.55. The number of hydrogen-bond donors (Lipinski definition) is 1. The van der Waals surface area contributed by atoms with E-state index in [4.69, 9.17) is 0 Å². The van der Waals surface area contributed by atoms with Crippen LogP contribution in [0, 0.1) is 12.7 Å². The third-order valence-electron chi connectivity index (χ3n) is 3.61. The first-order valence-electron chi connectivity index (χ1n) is 7.31. The smallest absolute Gasteiger partial charge is 0.268 e. The Morgan fingerprint density at radius 3 is 2.78 bits per heavy atom. The molecule has 0 aliphatic rings. The third-order valence-corrected chi connectivity index (χ3v) is 4.59. The normalized spacial score (nSPS) is 10.9. The molecule has 1 amide bonds. The lowest BCUT2D eigenvalue weighted by Crippen LogP contribution is -2.26. The van der Waals surface area contributed by atoms with E-state index in [2.05, 4.69) is 18.0 Å². The number of nitrogens with one attached hydrogen (secondary N) is 1. The minimum Gasteiger partial charge on any atom is -0.347 e. The maximum absolute atomic E-state index is 13.1. The summed E-state index contributed by atoms with van der Waals surface area (Å²) in [5, 5.41) is 2.82. The van der Waals surface area contributed by atoms with Crippen molar-refractivity contribution in [3.05, 3.63) is 71.0 Å². The summed E-state index contributed by atoms with van der Waals surface area (Å²) in [6.07, 6.45) is 1.65. The number of rotatable bonds is 5. The van der Waals surface area contributed by atoms with Gasteiger partial charge in [0.15, 0.2) is 0 Å². The van der Waals surface area contributed by atoms with Crippen LogP contribution < -0.4 is 5.32 Å². The van der Waals surface area contributed by atoms with E-state index in [1.807, 2.05) is 17.6 Å². The van der Waals surface area contributed by atoms with Gasteiger partial charge in [-0.2, -0.15) is 0 Å². The van der Waals surface area contributed by atoms with Crippen LogP contribution in [0.2, 0.25) is 0 Å². The van der Waals surface area contributed by atoms with Gasteiger partial charge in [0.2, 0.25) is 0 Å². The summed E-state index contributed by atoms with van der Waals surface area (Å²) >= 11 is 1.66. The molecule has 1 N–H and O–H groups in total. The van der Waals surface area contributed by atoms with Crippen molar-refractivity contribution in [1.82, 2.24) is 9.88 Å². The largest absolute Gasteiger partial charge is 0.347 e. The molecular formula is C18H17FN2OS. The number of thiophene rings is 1. The lowest BCUT2D eigenvalue weighted by Gasteiger charge is -2.10. The van der Waals surface area contributed by atoms with E-state index in [0.717, 1.165) is 15.8 Å². The Morgan fingerprint density at radius 1 is 1.35 bits per heavy atom. The number of benzene rings is 1. The van der Waals surface area contributed by atoms with E-state index in [9.17, 15) is 9.18 Å². The first-order valence-corrected chi connectivity index (χ1v) is 8.13. The van der Waals surface area contributed by atoms with E-state index >= 15 is 0 Å². The van der Waals surface area contributed by atoms with Gasteiger partial charge in [-0.15, -0.1) is 17.9 Å². The van der Waals surface area contributed by atoms with Gasteiger partial charge in [-0.05, 0) is 36.8 Å². The zero-order valence-electron chi connectivity index (χ0n) is 12.8. The van der Waals surface area contributed by atoms with Gasteiger partial charge in [-0.3, -0.25) is 4.79 Å². The molecule has 2 heterocycles. The molecule has 0 saturated carbocycles. The van der Waals surface area contributed by atoms with E-state index in [1.54, 1.807) is 29.5 Å². The molecule has 0 fully saturated rings.